The van der Waals surface area contributed by atoms with E-state index in [2.05, 4.69) is 20.7 Å². The van der Waals surface area contributed by atoms with E-state index in [1.165, 1.54) is 4.80 Å². The molecule has 0 aliphatic rings. The minimum absolute atomic E-state index is 0.133. The van der Waals surface area contributed by atoms with Crippen LogP contribution < -0.4 is 5.32 Å². The van der Waals surface area contributed by atoms with Gasteiger partial charge in [0.2, 0.25) is 0 Å². The Bertz CT molecular complexity index is 549. The van der Waals surface area contributed by atoms with Gasteiger partial charge in [-0.1, -0.05) is 32.0 Å². The van der Waals surface area contributed by atoms with Gasteiger partial charge in [-0.3, -0.25) is 4.79 Å². The van der Waals surface area contributed by atoms with Crippen molar-refractivity contribution in [1.29, 1.82) is 0 Å². The molecule has 100 valence electrons. The number of benzene rings is 1. The van der Waals surface area contributed by atoms with Gasteiger partial charge in [0.25, 0.3) is 5.91 Å². The average molecular weight is 259 g/mol. The predicted octanol–water partition coefficient (Wildman–Crippen LogP) is 1.34. The molecule has 1 heterocycles. The van der Waals surface area contributed by atoms with Crippen LogP contribution in [0.4, 0.5) is 0 Å². The second-order valence-corrected chi connectivity index (χ2v) is 4.70. The van der Waals surface area contributed by atoms with Gasteiger partial charge in [0, 0.05) is 5.56 Å². The van der Waals surface area contributed by atoms with Gasteiger partial charge in [-0.05, 0) is 23.3 Å². The van der Waals surface area contributed by atoms with Gasteiger partial charge in [-0.2, -0.15) is 4.80 Å². The molecule has 0 spiro atoms. The quantitative estimate of drug-likeness (QED) is 0.899. The molecule has 0 saturated carbocycles. The van der Waals surface area contributed by atoms with Crippen molar-refractivity contribution in [2.24, 2.45) is 13.0 Å². The van der Waals surface area contributed by atoms with Crippen molar-refractivity contribution in [2.45, 2.75) is 19.9 Å². The van der Waals surface area contributed by atoms with E-state index in [-0.39, 0.29) is 17.9 Å². The van der Waals surface area contributed by atoms with Crippen molar-refractivity contribution in [3.63, 3.8) is 0 Å². The Hall–Kier alpha value is -2.24. The maximum absolute atomic E-state index is 12.1. The number of amides is 1. The average Bonchev–Trinajstić information content (AvgIpc) is 2.82. The summed E-state index contributed by atoms with van der Waals surface area (Å²) >= 11 is 0. The highest BCUT2D eigenvalue weighted by molar-refractivity contribution is 5.94. The maximum Gasteiger partial charge on any atom is 0.251 e. The Morgan fingerprint density at radius 2 is 1.95 bits per heavy atom. The number of hydrogen-bond donors (Lipinski definition) is 1. The zero-order valence-corrected chi connectivity index (χ0v) is 11.2. The van der Waals surface area contributed by atoms with E-state index in [4.69, 9.17) is 0 Å². The largest absolute Gasteiger partial charge is 0.342 e. The molecule has 0 radical (unpaired) electrons. The van der Waals surface area contributed by atoms with Crippen LogP contribution >= 0.6 is 0 Å². The molecule has 6 heteroatoms. The first-order chi connectivity index (χ1) is 9.08. The smallest absolute Gasteiger partial charge is 0.251 e. The summed E-state index contributed by atoms with van der Waals surface area (Å²) in [4.78, 5) is 13.5. The first-order valence-electron chi connectivity index (χ1n) is 6.17. The normalized spacial score (nSPS) is 12.4. The van der Waals surface area contributed by atoms with Gasteiger partial charge in [-0.15, -0.1) is 10.2 Å². The Morgan fingerprint density at radius 3 is 2.47 bits per heavy atom. The first kappa shape index (κ1) is 13.2. The first-order valence-corrected chi connectivity index (χ1v) is 6.17. The van der Waals surface area contributed by atoms with Crippen molar-refractivity contribution in [2.75, 3.05) is 0 Å². The van der Waals surface area contributed by atoms with Crippen LogP contribution in [0.5, 0.6) is 0 Å². The van der Waals surface area contributed by atoms with E-state index in [0.29, 0.717) is 11.4 Å². The number of nitrogens with zero attached hydrogens (tertiary/aromatic N) is 4. The van der Waals surface area contributed by atoms with Gasteiger partial charge >= 0.3 is 0 Å². The lowest BCUT2D eigenvalue weighted by Gasteiger charge is -2.18. The van der Waals surface area contributed by atoms with Crippen molar-refractivity contribution >= 4 is 5.91 Å². The maximum atomic E-state index is 12.1. The molecule has 1 atom stereocenters. The number of carbonyl (C=O) groups excluding carboxylic acids is 1. The number of aromatic nitrogens is 4. The summed E-state index contributed by atoms with van der Waals surface area (Å²) in [5.74, 6) is 0.574. The second-order valence-electron chi connectivity index (χ2n) is 4.70. The van der Waals surface area contributed by atoms with E-state index >= 15 is 0 Å². The highest BCUT2D eigenvalue weighted by Crippen LogP contribution is 2.18. The van der Waals surface area contributed by atoms with Gasteiger partial charge in [0.15, 0.2) is 5.82 Å². The highest BCUT2D eigenvalue weighted by atomic mass is 16.1. The van der Waals surface area contributed by atoms with Crippen LogP contribution in [-0.4, -0.2) is 26.1 Å². The lowest BCUT2D eigenvalue weighted by molar-refractivity contribution is 0.0923. The van der Waals surface area contributed by atoms with Gasteiger partial charge in [-0.25, -0.2) is 0 Å². The topological polar surface area (TPSA) is 72.7 Å². The number of carbonyl (C=O) groups is 1. The summed E-state index contributed by atoms with van der Waals surface area (Å²) in [7, 11) is 1.70. The molecule has 0 aliphatic heterocycles. The molecule has 0 fully saturated rings. The van der Waals surface area contributed by atoms with Crippen molar-refractivity contribution in [1.82, 2.24) is 25.5 Å². The molecule has 2 aromatic rings. The highest BCUT2D eigenvalue weighted by Gasteiger charge is 2.23. The molecule has 0 unspecified atom stereocenters. The van der Waals surface area contributed by atoms with Crippen LogP contribution in [0.25, 0.3) is 0 Å². The number of hydrogen-bond acceptors (Lipinski definition) is 4. The van der Waals surface area contributed by atoms with Crippen LogP contribution in [-0.2, 0) is 7.05 Å². The summed E-state index contributed by atoms with van der Waals surface area (Å²) in [6.07, 6.45) is 0. The zero-order chi connectivity index (χ0) is 13.8. The van der Waals surface area contributed by atoms with Gasteiger partial charge in [0.05, 0.1) is 13.1 Å². The Labute approximate surface area is 111 Å². The fourth-order valence-electron chi connectivity index (χ4n) is 1.77. The van der Waals surface area contributed by atoms with Crippen molar-refractivity contribution < 1.29 is 4.79 Å². The van der Waals surface area contributed by atoms with E-state index in [9.17, 15) is 4.79 Å². The Kier molecular flexibility index (Phi) is 3.89. The summed E-state index contributed by atoms with van der Waals surface area (Å²) in [5, 5.41) is 14.9. The number of rotatable bonds is 4. The van der Waals surface area contributed by atoms with Crippen LogP contribution in [0.3, 0.4) is 0 Å². The van der Waals surface area contributed by atoms with E-state index < -0.39 is 0 Å². The summed E-state index contributed by atoms with van der Waals surface area (Å²) in [6.45, 7) is 4.01. The third-order valence-corrected chi connectivity index (χ3v) is 2.79. The predicted molar refractivity (Wildman–Crippen MR) is 70.3 cm³/mol. The van der Waals surface area contributed by atoms with Crippen LogP contribution in [0.15, 0.2) is 30.3 Å². The molecule has 0 aliphatic carbocycles. The van der Waals surface area contributed by atoms with Gasteiger partial charge in [0.1, 0.15) is 0 Å². The molecular weight excluding hydrogens is 242 g/mol. The van der Waals surface area contributed by atoms with E-state index in [0.717, 1.165) is 0 Å². The molecule has 1 aromatic heterocycles. The second kappa shape index (κ2) is 5.60. The fourth-order valence-corrected chi connectivity index (χ4v) is 1.77. The fraction of sp³-hybridized carbons (Fsp3) is 0.385. The molecule has 19 heavy (non-hydrogen) atoms. The molecule has 1 N–H and O–H groups in total. The third-order valence-electron chi connectivity index (χ3n) is 2.79. The SMILES string of the molecule is CC(C)[C@@H](NC(=O)c1ccccc1)c1nnn(C)n1. The zero-order valence-electron chi connectivity index (χ0n) is 11.2. The minimum Gasteiger partial charge on any atom is -0.342 e. The standard InChI is InChI=1S/C13H17N5O/c1-9(2)11(12-15-17-18(3)16-12)14-13(19)10-7-5-4-6-8-10/h4-9,11H,1-3H3,(H,14,19)/t11-/m1/s1. The lowest BCUT2D eigenvalue weighted by Crippen LogP contribution is -2.32. The van der Waals surface area contributed by atoms with Crippen molar-refractivity contribution in [3.05, 3.63) is 41.7 Å². The molecule has 0 bridgehead atoms. The molecular formula is C13H17N5O. The monoisotopic (exact) mass is 259 g/mol. The lowest BCUT2D eigenvalue weighted by atomic mass is 10.0. The van der Waals surface area contributed by atoms with E-state index in [1.54, 1.807) is 19.2 Å². The molecule has 6 nitrogen and oxygen atoms in total. The molecule has 1 aromatic carbocycles. The Balaban J connectivity index is 2.16. The molecule has 2 rings (SSSR count). The summed E-state index contributed by atoms with van der Waals surface area (Å²) < 4.78 is 0. The van der Waals surface area contributed by atoms with E-state index in [1.807, 2.05) is 32.0 Å². The Morgan fingerprint density at radius 1 is 1.26 bits per heavy atom. The van der Waals surface area contributed by atoms with Crippen LogP contribution in [0, 0.1) is 5.92 Å². The third kappa shape index (κ3) is 3.15. The molecule has 1 amide bonds. The minimum atomic E-state index is -0.249. The number of nitrogens with one attached hydrogen (secondary N) is 1. The van der Waals surface area contributed by atoms with Gasteiger partial charge < -0.3 is 5.32 Å². The number of aryl methyl sites for hydroxylation is 1. The van der Waals surface area contributed by atoms with Crippen LogP contribution in [0.1, 0.15) is 36.1 Å². The number of tetrazole rings is 1. The summed E-state index contributed by atoms with van der Waals surface area (Å²) in [5.41, 5.74) is 0.622. The van der Waals surface area contributed by atoms with Crippen molar-refractivity contribution in [3.8, 4) is 0 Å². The molecule has 0 saturated heterocycles. The summed E-state index contributed by atoms with van der Waals surface area (Å²) in [6, 6.07) is 8.84. The van der Waals surface area contributed by atoms with Crippen LogP contribution in [0.2, 0.25) is 0 Å².